The maximum atomic E-state index is 12.5. The number of carbonyl (C=O) groups is 1. The van der Waals surface area contributed by atoms with Gasteiger partial charge in [0.25, 0.3) is 0 Å². The fourth-order valence-corrected chi connectivity index (χ4v) is 3.23. The molecule has 2 heterocycles. The Labute approximate surface area is 152 Å². The van der Waals surface area contributed by atoms with E-state index < -0.39 is 0 Å². The SMILES string of the molecule is NCc1ccc(-c2ccnc3c2CN(Cc2ccccc2)C(=O)N3)cc1. The molecule has 1 aliphatic rings. The number of urea groups is 1. The number of nitrogens with zero attached hydrogens (tertiary/aromatic N) is 2. The Hall–Kier alpha value is -3.18. The van der Waals surface area contributed by atoms with Crippen LogP contribution in [0.2, 0.25) is 0 Å². The number of hydrogen-bond donors (Lipinski definition) is 2. The third-order valence-electron chi connectivity index (χ3n) is 4.63. The number of rotatable bonds is 4. The summed E-state index contributed by atoms with van der Waals surface area (Å²) in [5, 5.41) is 2.92. The Morgan fingerprint density at radius 2 is 1.77 bits per heavy atom. The van der Waals surface area contributed by atoms with Gasteiger partial charge in [-0.2, -0.15) is 0 Å². The maximum Gasteiger partial charge on any atom is 0.323 e. The quantitative estimate of drug-likeness (QED) is 0.757. The molecule has 26 heavy (non-hydrogen) atoms. The summed E-state index contributed by atoms with van der Waals surface area (Å²) in [5.74, 6) is 0.639. The molecule has 0 radical (unpaired) electrons. The van der Waals surface area contributed by atoms with Crippen LogP contribution in [-0.4, -0.2) is 15.9 Å². The van der Waals surface area contributed by atoms with Crippen molar-refractivity contribution < 1.29 is 4.79 Å². The monoisotopic (exact) mass is 344 g/mol. The number of carbonyl (C=O) groups excluding carboxylic acids is 1. The number of fused-ring (bicyclic) bond motifs is 1. The van der Waals surface area contributed by atoms with E-state index in [0.717, 1.165) is 27.8 Å². The van der Waals surface area contributed by atoms with Crippen LogP contribution in [0.15, 0.2) is 66.9 Å². The molecule has 0 bridgehead atoms. The second-order valence-corrected chi connectivity index (χ2v) is 6.36. The lowest BCUT2D eigenvalue weighted by atomic mass is 9.98. The van der Waals surface area contributed by atoms with Gasteiger partial charge >= 0.3 is 6.03 Å². The molecule has 0 fully saturated rings. The fraction of sp³-hybridized carbons (Fsp3) is 0.143. The smallest absolute Gasteiger partial charge is 0.323 e. The van der Waals surface area contributed by atoms with Crippen molar-refractivity contribution in [2.24, 2.45) is 5.73 Å². The van der Waals surface area contributed by atoms with Gasteiger partial charge in [0.05, 0.1) is 6.54 Å². The molecule has 130 valence electrons. The molecular formula is C21H20N4O. The zero-order valence-electron chi connectivity index (χ0n) is 14.4. The molecule has 3 N–H and O–H groups in total. The number of benzene rings is 2. The number of nitrogens with two attached hydrogens (primary N) is 1. The van der Waals surface area contributed by atoms with Crippen LogP contribution in [-0.2, 0) is 19.6 Å². The van der Waals surface area contributed by atoms with Gasteiger partial charge in [-0.1, -0.05) is 54.6 Å². The first-order valence-electron chi connectivity index (χ1n) is 8.61. The molecule has 1 aliphatic heterocycles. The van der Waals surface area contributed by atoms with E-state index in [9.17, 15) is 4.79 Å². The Bertz CT molecular complexity index is 923. The largest absolute Gasteiger partial charge is 0.326 e. The second kappa shape index (κ2) is 6.98. The van der Waals surface area contributed by atoms with Gasteiger partial charge in [-0.3, -0.25) is 5.32 Å². The van der Waals surface area contributed by atoms with Gasteiger partial charge in [0.1, 0.15) is 5.82 Å². The molecule has 3 aromatic rings. The highest BCUT2D eigenvalue weighted by atomic mass is 16.2. The fourth-order valence-electron chi connectivity index (χ4n) is 3.23. The van der Waals surface area contributed by atoms with E-state index in [1.165, 1.54) is 0 Å². The summed E-state index contributed by atoms with van der Waals surface area (Å²) < 4.78 is 0. The van der Waals surface area contributed by atoms with Gasteiger partial charge in [-0.05, 0) is 28.3 Å². The highest BCUT2D eigenvalue weighted by molar-refractivity contribution is 5.93. The van der Waals surface area contributed by atoms with Crippen LogP contribution in [0.3, 0.4) is 0 Å². The van der Waals surface area contributed by atoms with Crippen molar-refractivity contribution in [3.8, 4) is 11.1 Å². The highest BCUT2D eigenvalue weighted by Gasteiger charge is 2.25. The first-order valence-corrected chi connectivity index (χ1v) is 8.61. The lowest BCUT2D eigenvalue weighted by Gasteiger charge is -2.30. The van der Waals surface area contributed by atoms with Crippen LogP contribution in [0.25, 0.3) is 11.1 Å². The van der Waals surface area contributed by atoms with Crippen LogP contribution in [0.1, 0.15) is 16.7 Å². The molecule has 4 rings (SSSR count). The van der Waals surface area contributed by atoms with Crippen LogP contribution >= 0.6 is 0 Å². The molecule has 0 saturated carbocycles. The van der Waals surface area contributed by atoms with Crippen molar-refractivity contribution in [3.05, 3.63) is 83.6 Å². The highest BCUT2D eigenvalue weighted by Crippen LogP contribution is 2.32. The predicted octanol–water partition coefficient (Wildman–Crippen LogP) is 3.76. The van der Waals surface area contributed by atoms with Crippen LogP contribution in [0, 0.1) is 0 Å². The summed E-state index contributed by atoms with van der Waals surface area (Å²) in [6.45, 7) is 1.61. The topological polar surface area (TPSA) is 71.2 Å². The number of nitrogens with one attached hydrogen (secondary N) is 1. The molecule has 5 nitrogen and oxygen atoms in total. The van der Waals surface area contributed by atoms with Gasteiger partial charge in [0, 0.05) is 24.8 Å². The van der Waals surface area contributed by atoms with Crippen molar-refractivity contribution in [3.63, 3.8) is 0 Å². The number of anilines is 1. The molecule has 2 aromatic carbocycles. The average Bonchev–Trinajstić information content (AvgIpc) is 2.69. The first-order chi connectivity index (χ1) is 12.7. The van der Waals surface area contributed by atoms with Crippen molar-refractivity contribution in [1.29, 1.82) is 0 Å². The number of pyridine rings is 1. The zero-order chi connectivity index (χ0) is 17.9. The second-order valence-electron chi connectivity index (χ2n) is 6.36. The summed E-state index contributed by atoms with van der Waals surface area (Å²) in [6.07, 6.45) is 1.73. The van der Waals surface area contributed by atoms with Gasteiger partial charge in [0.15, 0.2) is 0 Å². The minimum atomic E-state index is -0.121. The lowest BCUT2D eigenvalue weighted by molar-refractivity contribution is 0.203. The van der Waals surface area contributed by atoms with Crippen LogP contribution in [0.4, 0.5) is 10.6 Å². The Balaban J connectivity index is 1.67. The van der Waals surface area contributed by atoms with Crippen molar-refractivity contribution >= 4 is 11.8 Å². The summed E-state index contributed by atoms with van der Waals surface area (Å²) in [5.41, 5.74) is 11.1. The molecule has 0 saturated heterocycles. The van der Waals surface area contributed by atoms with Gasteiger partial charge in [-0.25, -0.2) is 9.78 Å². The molecule has 0 atom stereocenters. The summed E-state index contributed by atoms with van der Waals surface area (Å²) in [4.78, 5) is 18.6. The third kappa shape index (κ3) is 3.17. The van der Waals surface area contributed by atoms with Gasteiger partial charge in [0.2, 0.25) is 0 Å². The average molecular weight is 344 g/mol. The van der Waals surface area contributed by atoms with E-state index in [1.54, 1.807) is 11.1 Å². The molecule has 1 aromatic heterocycles. The lowest BCUT2D eigenvalue weighted by Crippen LogP contribution is -2.38. The van der Waals surface area contributed by atoms with Crippen molar-refractivity contribution in [2.45, 2.75) is 19.6 Å². The third-order valence-corrected chi connectivity index (χ3v) is 4.63. The van der Waals surface area contributed by atoms with Crippen molar-refractivity contribution in [1.82, 2.24) is 9.88 Å². The van der Waals surface area contributed by atoms with Crippen molar-refractivity contribution in [2.75, 3.05) is 5.32 Å². The normalized spacial score (nSPS) is 13.3. The Morgan fingerprint density at radius 3 is 2.50 bits per heavy atom. The zero-order valence-corrected chi connectivity index (χ0v) is 14.4. The van der Waals surface area contributed by atoms with Gasteiger partial charge in [-0.15, -0.1) is 0 Å². The van der Waals surface area contributed by atoms with E-state index in [0.29, 0.717) is 25.5 Å². The molecule has 5 heteroatoms. The summed E-state index contributed by atoms with van der Waals surface area (Å²) in [6, 6.07) is 20.1. The molecular weight excluding hydrogens is 324 g/mol. The molecule has 0 spiro atoms. The number of aromatic nitrogens is 1. The van der Waals surface area contributed by atoms with E-state index in [4.69, 9.17) is 5.73 Å². The minimum absolute atomic E-state index is 0.121. The Morgan fingerprint density at radius 1 is 1.00 bits per heavy atom. The van der Waals surface area contributed by atoms with E-state index >= 15 is 0 Å². The van der Waals surface area contributed by atoms with E-state index in [1.807, 2.05) is 48.5 Å². The number of hydrogen-bond acceptors (Lipinski definition) is 3. The first kappa shape index (κ1) is 16.3. The van der Waals surface area contributed by atoms with Gasteiger partial charge < -0.3 is 10.6 Å². The summed E-state index contributed by atoms with van der Waals surface area (Å²) in [7, 11) is 0. The number of amides is 2. The minimum Gasteiger partial charge on any atom is -0.326 e. The Kier molecular flexibility index (Phi) is 4.37. The van der Waals surface area contributed by atoms with Crippen LogP contribution in [0.5, 0.6) is 0 Å². The molecule has 0 aliphatic carbocycles. The molecule has 0 unspecified atom stereocenters. The van der Waals surface area contributed by atoms with Crippen LogP contribution < -0.4 is 11.1 Å². The standard InChI is InChI=1S/C21H20N4O/c22-12-15-6-8-17(9-7-15)18-10-11-23-20-19(18)14-25(21(26)24-20)13-16-4-2-1-3-5-16/h1-11H,12-14,22H2,(H,23,24,26). The van der Waals surface area contributed by atoms with E-state index in [2.05, 4.69) is 22.4 Å². The predicted molar refractivity (Wildman–Crippen MR) is 102 cm³/mol. The maximum absolute atomic E-state index is 12.5. The molecule has 2 amide bonds. The summed E-state index contributed by atoms with van der Waals surface area (Å²) >= 11 is 0. The van der Waals surface area contributed by atoms with E-state index in [-0.39, 0.29) is 6.03 Å².